The molecule has 0 spiro atoms. The lowest BCUT2D eigenvalue weighted by molar-refractivity contribution is -0.120. The maximum absolute atomic E-state index is 11.7. The molecule has 0 saturated heterocycles. The Kier molecular flexibility index (Phi) is 6.18. The van der Waals surface area contributed by atoms with Crippen molar-refractivity contribution < 1.29 is 14.3 Å². The number of hydrogen-bond donors (Lipinski definition) is 2. The average Bonchev–Trinajstić information content (AvgIpc) is 2.95. The van der Waals surface area contributed by atoms with E-state index in [1.165, 1.54) is 0 Å². The van der Waals surface area contributed by atoms with Crippen molar-refractivity contribution in [3.8, 4) is 0 Å². The quantitative estimate of drug-likeness (QED) is 0.619. The van der Waals surface area contributed by atoms with E-state index < -0.39 is 6.09 Å². The molecule has 0 atom stereocenters. The minimum absolute atomic E-state index is 0.0221. The highest BCUT2D eigenvalue weighted by Crippen LogP contribution is 2.15. The molecule has 0 aliphatic heterocycles. The summed E-state index contributed by atoms with van der Waals surface area (Å²) in [6, 6.07) is 9.39. The largest absolute Gasteiger partial charge is 0.450 e. The van der Waals surface area contributed by atoms with Gasteiger partial charge in [-0.15, -0.1) is 10.2 Å². The van der Waals surface area contributed by atoms with E-state index in [1.54, 1.807) is 13.1 Å². The van der Waals surface area contributed by atoms with Crippen molar-refractivity contribution >= 4 is 34.7 Å². The molecule has 0 bridgehead atoms. The first-order valence-electron chi connectivity index (χ1n) is 6.80. The molecule has 2 N–H and O–H groups in total. The minimum Gasteiger partial charge on any atom is -0.450 e. The Bertz CT molecular complexity index is 687. The van der Waals surface area contributed by atoms with Crippen LogP contribution in [0.1, 0.15) is 17.5 Å². The lowest BCUT2D eigenvalue weighted by Gasteiger charge is -1.99. The number of benzene rings is 1. The molecular formula is C14H15N5O3S. The lowest BCUT2D eigenvalue weighted by Crippen LogP contribution is -2.19. The first kappa shape index (κ1) is 16.6. The van der Waals surface area contributed by atoms with E-state index in [2.05, 4.69) is 26.0 Å². The Labute approximate surface area is 136 Å². The SMILES string of the molecule is CCOC(=O)Nc1nnc(CC(=O)N/N=C\c2ccccc2)s1. The fourth-order valence-electron chi connectivity index (χ4n) is 1.52. The van der Waals surface area contributed by atoms with Crippen LogP contribution in [0.5, 0.6) is 0 Å². The number of rotatable bonds is 6. The zero-order valence-electron chi connectivity index (χ0n) is 12.4. The summed E-state index contributed by atoms with van der Waals surface area (Å²) in [5, 5.41) is 14.6. The van der Waals surface area contributed by atoms with Crippen LogP contribution in [0.4, 0.5) is 9.93 Å². The van der Waals surface area contributed by atoms with Gasteiger partial charge in [0.1, 0.15) is 5.01 Å². The Morgan fingerprint density at radius 3 is 2.83 bits per heavy atom. The number of hydrogen-bond acceptors (Lipinski definition) is 7. The van der Waals surface area contributed by atoms with Crippen LogP contribution in [0.25, 0.3) is 0 Å². The molecule has 23 heavy (non-hydrogen) atoms. The van der Waals surface area contributed by atoms with Crippen LogP contribution >= 0.6 is 11.3 Å². The molecule has 120 valence electrons. The number of aromatic nitrogens is 2. The zero-order chi connectivity index (χ0) is 16.5. The number of nitrogens with zero attached hydrogens (tertiary/aromatic N) is 3. The highest BCUT2D eigenvalue weighted by atomic mass is 32.1. The van der Waals surface area contributed by atoms with E-state index in [1.807, 2.05) is 30.3 Å². The van der Waals surface area contributed by atoms with E-state index in [4.69, 9.17) is 4.74 Å². The van der Waals surface area contributed by atoms with Gasteiger partial charge in [-0.2, -0.15) is 5.10 Å². The molecule has 1 aromatic carbocycles. The predicted molar refractivity (Wildman–Crippen MR) is 86.4 cm³/mol. The summed E-state index contributed by atoms with van der Waals surface area (Å²) < 4.78 is 4.72. The third-order valence-electron chi connectivity index (χ3n) is 2.47. The predicted octanol–water partition coefficient (Wildman–Crippen LogP) is 1.80. The first-order chi connectivity index (χ1) is 11.2. The number of hydrazone groups is 1. The van der Waals surface area contributed by atoms with Gasteiger partial charge in [-0.1, -0.05) is 41.7 Å². The molecule has 0 aliphatic rings. The number of amides is 2. The third-order valence-corrected chi connectivity index (χ3v) is 3.30. The molecule has 8 nitrogen and oxygen atoms in total. The van der Waals surface area contributed by atoms with Crippen LogP contribution in [0, 0.1) is 0 Å². The van der Waals surface area contributed by atoms with Gasteiger partial charge in [0, 0.05) is 0 Å². The van der Waals surface area contributed by atoms with Crippen molar-refractivity contribution in [3.05, 3.63) is 40.9 Å². The van der Waals surface area contributed by atoms with Gasteiger partial charge in [-0.3, -0.25) is 10.1 Å². The second kappa shape index (κ2) is 8.59. The van der Waals surface area contributed by atoms with Crippen LogP contribution in [-0.4, -0.2) is 35.0 Å². The van der Waals surface area contributed by atoms with E-state index in [9.17, 15) is 9.59 Å². The lowest BCUT2D eigenvalue weighted by atomic mass is 10.2. The van der Waals surface area contributed by atoms with Crippen LogP contribution in [-0.2, 0) is 16.0 Å². The molecular weight excluding hydrogens is 318 g/mol. The summed E-state index contributed by atoms with van der Waals surface area (Å²) in [6.07, 6.45) is 0.965. The van der Waals surface area contributed by atoms with Crippen molar-refractivity contribution in [3.63, 3.8) is 0 Å². The Morgan fingerprint density at radius 2 is 2.09 bits per heavy atom. The summed E-state index contributed by atoms with van der Waals surface area (Å²) in [5.74, 6) is -0.323. The normalized spacial score (nSPS) is 10.5. The molecule has 2 amide bonds. The van der Waals surface area contributed by atoms with E-state index in [-0.39, 0.29) is 24.1 Å². The molecule has 0 fully saturated rings. The summed E-state index contributed by atoms with van der Waals surface area (Å²) in [5.41, 5.74) is 3.29. The standard InChI is InChI=1S/C14H15N5O3S/c1-2-22-14(21)16-13-19-18-12(23-13)8-11(20)17-15-9-10-6-4-3-5-7-10/h3-7,9H,2,8H2,1H3,(H,17,20)(H,16,19,21)/b15-9-. The number of carbonyl (C=O) groups excluding carboxylic acids is 2. The molecule has 1 aromatic heterocycles. The number of anilines is 1. The highest BCUT2D eigenvalue weighted by molar-refractivity contribution is 7.15. The zero-order valence-corrected chi connectivity index (χ0v) is 13.2. The summed E-state index contributed by atoms with van der Waals surface area (Å²) >= 11 is 1.10. The third kappa shape index (κ3) is 5.83. The van der Waals surface area contributed by atoms with Gasteiger partial charge in [0.25, 0.3) is 0 Å². The van der Waals surface area contributed by atoms with Crippen molar-refractivity contribution in [1.82, 2.24) is 15.6 Å². The van der Waals surface area contributed by atoms with Crippen LogP contribution in [0.2, 0.25) is 0 Å². The van der Waals surface area contributed by atoms with Crippen LogP contribution in [0.3, 0.4) is 0 Å². The van der Waals surface area contributed by atoms with Gasteiger partial charge in [-0.05, 0) is 12.5 Å². The monoisotopic (exact) mass is 333 g/mol. The second-order valence-electron chi connectivity index (χ2n) is 4.23. The maximum Gasteiger partial charge on any atom is 0.413 e. The van der Waals surface area contributed by atoms with Gasteiger partial charge in [0.2, 0.25) is 11.0 Å². The Balaban J connectivity index is 1.80. The number of ether oxygens (including phenoxy) is 1. The van der Waals surface area contributed by atoms with E-state index in [0.29, 0.717) is 5.01 Å². The van der Waals surface area contributed by atoms with Crippen LogP contribution < -0.4 is 10.7 Å². The number of carbonyl (C=O) groups is 2. The first-order valence-corrected chi connectivity index (χ1v) is 7.62. The molecule has 2 aromatic rings. The number of nitrogens with one attached hydrogen (secondary N) is 2. The Hall–Kier alpha value is -2.81. The molecule has 1 heterocycles. The van der Waals surface area contributed by atoms with Gasteiger partial charge in [-0.25, -0.2) is 10.2 Å². The van der Waals surface area contributed by atoms with Crippen molar-refractivity contribution in [1.29, 1.82) is 0 Å². The van der Waals surface area contributed by atoms with Gasteiger partial charge >= 0.3 is 6.09 Å². The highest BCUT2D eigenvalue weighted by Gasteiger charge is 2.11. The van der Waals surface area contributed by atoms with E-state index in [0.717, 1.165) is 16.9 Å². The topological polar surface area (TPSA) is 106 Å². The summed E-state index contributed by atoms with van der Waals surface area (Å²) in [6.45, 7) is 1.96. The average molecular weight is 333 g/mol. The Morgan fingerprint density at radius 1 is 1.30 bits per heavy atom. The minimum atomic E-state index is -0.605. The fraction of sp³-hybridized carbons (Fsp3) is 0.214. The van der Waals surface area contributed by atoms with Gasteiger partial charge in [0.05, 0.1) is 19.2 Å². The van der Waals surface area contributed by atoms with Gasteiger partial charge in [0.15, 0.2) is 0 Å². The van der Waals surface area contributed by atoms with Gasteiger partial charge < -0.3 is 4.74 Å². The fourth-order valence-corrected chi connectivity index (χ4v) is 2.25. The molecule has 9 heteroatoms. The smallest absolute Gasteiger partial charge is 0.413 e. The van der Waals surface area contributed by atoms with Crippen molar-refractivity contribution in [2.75, 3.05) is 11.9 Å². The van der Waals surface area contributed by atoms with Crippen LogP contribution in [0.15, 0.2) is 35.4 Å². The molecule has 0 aliphatic carbocycles. The maximum atomic E-state index is 11.7. The van der Waals surface area contributed by atoms with E-state index >= 15 is 0 Å². The molecule has 0 saturated carbocycles. The molecule has 0 radical (unpaired) electrons. The van der Waals surface area contributed by atoms with Crippen molar-refractivity contribution in [2.24, 2.45) is 5.10 Å². The summed E-state index contributed by atoms with van der Waals surface area (Å²) in [4.78, 5) is 23.0. The molecule has 0 unspecified atom stereocenters. The van der Waals surface area contributed by atoms with Crippen molar-refractivity contribution in [2.45, 2.75) is 13.3 Å². The molecule has 2 rings (SSSR count). The summed E-state index contributed by atoms with van der Waals surface area (Å²) in [7, 11) is 0. The second-order valence-corrected chi connectivity index (χ2v) is 5.29.